The predicted octanol–water partition coefficient (Wildman–Crippen LogP) is 3.39. The normalized spacial score (nSPS) is 11.9. The molecule has 3 rings (SSSR count). The van der Waals surface area contributed by atoms with Gasteiger partial charge >= 0.3 is 0 Å². The number of hydrogen-bond acceptors (Lipinski definition) is 0. The molecule has 0 amide bonds. The van der Waals surface area contributed by atoms with Gasteiger partial charge in [0.25, 0.3) is 0 Å². The van der Waals surface area contributed by atoms with Crippen LogP contribution in [0.2, 0.25) is 0 Å². The summed E-state index contributed by atoms with van der Waals surface area (Å²) in [5.41, 5.74) is 2.54. The Labute approximate surface area is 113 Å². The standard InChI is InChI=1S/C19H16/c1-14-7-3-4-9-17(14)13-18-12-11-16-8-5-6-10-19(16)15(18)2/h3-13H,2H2,1H3. The van der Waals surface area contributed by atoms with E-state index in [1.54, 1.807) is 0 Å². The third-order valence-corrected chi connectivity index (χ3v) is 3.58. The largest absolute Gasteiger partial charge is 0.0905 e. The molecule has 0 saturated heterocycles. The van der Waals surface area contributed by atoms with Crippen molar-refractivity contribution in [2.75, 3.05) is 0 Å². The molecular formula is C19H16. The van der Waals surface area contributed by atoms with E-state index in [9.17, 15) is 0 Å². The first-order valence-corrected chi connectivity index (χ1v) is 6.50. The number of aryl methyl sites for hydroxylation is 1. The van der Waals surface area contributed by atoms with Crippen LogP contribution in [0.15, 0.2) is 60.7 Å². The van der Waals surface area contributed by atoms with Crippen LogP contribution < -0.4 is 10.4 Å². The fourth-order valence-electron chi connectivity index (χ4n) is 2.40. The molecule has 19 heavy (non-hydrogen) atoms. The van der Waals surface area contributed by atoms with E-state index in [0.717, 1.165) is 5.22 Å². The van der Waals surface area contributed by atoms with E-state index < -0.39 is 0 Å². The van der Waals surface area contributed by atoms with E-state index >= 15 is 0 Å². The zero-order chi connectivity index (χ0) is 13.2. The van der Waals surface area contributed by atoms with Crippen LogP contribution in [0, 0.1) is 6.92 Å². The van der Waals surface area contributed by atoms with Crippen LogP contribution in [0.3, 0.4) is 0 Å². The highest BCUT2D eigenvalue weighted by atomic mass is 14.0. The van der Waals surface area contributed by atoms with Gasteiger partial charge in [-0.1, -0.05) is 67.2 Å². The summed E-state index contributed by atoms with van der Waals surface area (Å²) in [4.78, 5) is 0. The minimum atomic E-state index is 1.10. The van der Waals surface area contributed by atoms with Gasteiger partial charge in [0.15, 0.2) is 0 Å². The van der Waals surface area contributed by atoms with E-state index in [0.29, 0.717) is 0 Å². The molecule has 0 atom stereocenters. The fraction of sp³-hybridized carbons (Fsp3) is 0.0526. The Morgan fingerprint density at radius 2 is 1.58 bits per heavy atom. The van der Waals surface area contributed by atoms with Crippen molar-refractivity contribution in [3.63, 3.8) is 0 Å². The van der Waals surface area contributed by atoms with Crippen molar-refractivity contribution in [3.05, 3.63) is 82.2 Å². The van der Waals surface area contributed by atoms with Gasteiger partial charge in [0.05, 0.1) is 0 Å². The molecule has 3 aromatic rings. The summed E-state index contributed by atoms with van der Waals surface area (Å²) in [7, 11) is 0. The highest BCUT2D eigenvalue weighted by Crippen LogP contribution is 2.08. The average Bonchev–Trinajstić information content (AvgIpc) is 2.44. The summed E-state index contributed by atoms with van der Waals surface area (Å²) in [6, 6.07) is 21.1. The molecule has 92 valence electrons. The lowest BCUT2D eigenvalue weighted by Crippen LogP contribution is -2.23. The van der Waals surface area contributed by atoms with Crippen molar-refractivity contribution in [1.29, 1.82) is 0 Å². The lowest BCUT2D eigenvalue weighted by atomic mass is 10.0. The Bertz CT molecular complexity index is 841. The van der Waals surface area contributed by atoms with Gasteiger partial charge in [-0.25, -0.2) is 0 Å². The summed E-state index contributed by atoms with van der Waals surface area (Å²) in [5.74, 6) is 0. The Morgan fingerprint density at radius 3 is 2.42 bits per heavy atom. The Hall–Kier alpha value is -2.34. The van der Waals surface area contributed by atoms with Crippen LogP contribution in [0.25, 0.3) is 23.4 Å². The zero-order valence-corrected chi connectivity index (χ0v) is 11.1. The number of hydrogen-bond donors (Lipinski definition) is 0. The van der Waals surface area contributed by atoms with Gasteiger partial charge < -0.3 is 0 Å². The Balaban J connectivity index is 2.30. The second-order valence-corrected chi connectivity index (χ2v) is 4.86. The van der Waals surface area contributed by atoms with Gasteiger partial charge in [-0.15, -0.1) is 0 Å². The molecule has 0 unspecified atom stereocenters. The van der Waals surface area contributed by atoms with Crippen LogP contribution in [-0.2, 0) is 0 Å². The minimum absolute atomic E-state index is 1.10. The molecule has 0 bridgehead atoms. The third-order valence-electron chi connectivity index (χ3n) is 3.58. The molecule has 0 radical (unpaired) electrons. The second kappa shape index (κ2) is 4.74. The van der Waals surface area contributed by atoms with Crippen molar-refractivity contribution in [2.45, 2.75) is 6.92 Å². The summed E-state index contributed by atoms with van der Waals surface area (Å²) in [6.45, 7) is 6.38. The molecule has 0 heteroatoms. The third kappa shape index (κ3) is 2.17. The van der Waals surface area contributed by atoms with Crippen molar-refractivity contribution in [3.8, 4) is 0 Å². The van der Waals surface area contributed by atoms with Gasteiger partial charge in [0, 0.05) is 0 Å². The molecule has 0 aromatic heterocycles. The second-order valence-electron chi connectivity index (χ2n) is 4.86. The van der Waals surface area contributed by atoms with Crippen LogP contribution in [0.4, 0.5) is 0 Å². The molecule has 3 aromatic carbocycles. The van der Waals surface area contributed by atoms with Gasteiger partial charge in [0.1, 0.15) is 0 Å². The highest BCUT2D eigenvalue weighted by molar-refractivity contribution is 5.83. The molecule has 0 fully saturated rings. The van der Waals surface area contributed by atoms with E-state index in [-0.39, 0.29) is 0 Å². The fourth-order valence-corrected chi connectivity index (χ4v) is 2.40. The van der Waals surface area contributed by atoms with Crippen molar-refractivity contribution >= 4 is 23.4 Å². The van der Waals surface area contributed by atoms with Crippen LogP contribution in [0.5, 0.6) is 0 Å². The summed E-state index contributed by atoms with van der Waals surface area (Å²) < 4.78 is 0. The molecule has 0 saturated carbocycles. The van der Waals surface area contributed by atoms with E-state index in [4.69, 9.17) is 0 Å². The zero-order valence-electron chi connectivity index (χ0n) is 11.1. The van der Waals surface area contributed by atoms with Crippen LogP contribution >= 0.6 is 0 Å². The first kappa shape index (κ1) is 11.7. The van der Waals surface area contributed by atoms with Crippen LogP contribution in [0.1, 0.15) is 11.1 Å². The highest BCUT2D eigenvalue weighted by Gasteiger charge is 1.96. The maximum atomic E-state index is 4.24. The van der Waals surface area contributed by atoms with E-state index in [1.165, 1.54) is 27.1 Å². The smallest absolute Gasteiger partial charge is 0.0111 e. The van der Waals surface area contributed by atoms with Crippen molar-refractivity contribution in [2.24, 2.45) is 0 Å². The maximum Gasteiger partial charge on any atom is -0.0111 e. The summed E-state index contributed by atoms with van der Waals surface area (Å²) in [6.07, 6.45) is 2.21. The topological polar surface area (TPSA) is 0 Å². The summed E-state index contributed by atoms with van der Waals surface area (Å²) >= 11 is 0. The molecule has 0 nitrogen and oxygen atoms in total. The lowest BCUT2D eigenvalue weighted by molar-refractivity contribution is 1.43. The van der Waals surface area contributed by atoms with Crippen LogP contribution in [-0.4, -0.2) is 0 Å². The van der Waals surface area contributed by atoms with Gasteiger partial charge in [-0.2, -0.15) is 0 Å². The molecule has 0 heterocycles. The quantitative estimate of drug-likeness (QED) is 0.615. The van der Waals surface area contributed by atoms with Gasteiger partial charge in [-0.05, 0) is 45.3 Å². The summed E-state index contributed by atoms with van der Waals surface area (Å²) in [5, 5.41) is 4.76. The molecule has 0 N–H and O–H groups in total. The maximum absolute atomic E-state index is 4.24. The van der Waals surface area contributed by atoms with Crippen molar-refractivity contribution < 1.29 is 0 Å². The number of benzene rings is 3. The molecule has 0 spiro atoms. The molecular weight excluding hydrogens is 228 g/mol. The van der Waals surface area contributed by atoms with Crippen molar-refractivity contribution in [1.82, 2.24) is 0 Å². The van der Waals surface area contributed by atoms with E-state index in [2.05, 4.69) is 80.2 Å². The lowest BCUT2D eigenvalue weighted by Gasteiger charge is -2.01. The van der Waals surface area contributed by atoms with Gasteiger partial charge in [0.2, 0.25) is 0 Å². The minimum Gasteiger partial charge on any atom is -0.0905 e. The number of fused-ring (bicyclic) bond motifs is 1. The molecule has 0 aliphatic rings. The Morgan fingerprint density at radius 1 is 0.842 bits per heavy atom. The Kier molecular flexibility index (Phi) is 2.92. The average molecular weight is 244 g/mol. The monoisotopic (exact) mass is 244 g/mol. The van der Waals surface area contributed by atoms with Gasteiger partial charge in [-0.3, -0.25) is 0 Å². The molecule has 0 aliphatic carbocycles. The predicted molar refractivity (Wildman–Crippen MR) is 83.5 cm³/mol. The molecule has 0 aliphatic heterocycles. The van der Waals surface area contributed by atoms with E-state index in [1.807, 2.05) is 0 Å². The number of rotatable bonds is 1. The SMILES string of the molecule is C=c1c(=Cc2ccccc2C)ccc2ccccc12. The first-order valence-electron chi connectivity index (χ1n) is 6.50. The first-order chi connectivity index (χ1) is 9.25.